The van der Waals surface area contributed by atoms with Gasteiger partial charge in [0.25, 0.3) is 11.8 Å². The number of methoxy groups -OCH3 is 1. The van der Waals surface area contributed by atoms with Crippen LogP contribution in [0.4, 0.5) is 0 Å². The van der Waals surface area contributed by atoms with Crippen molar-refractivity contribution < 1.29 is 14.3 Å². The van der Waals surface area contributed by atoms with Gasteiger partial charge in [0, 0.05) is 52.2 Å². The first kappa shape index (κ1) is 24.5. The molecule has 0 radical (unpaired) electrons. The van der Waals surface area contributed by atoms with Gasteiger partial charge in [0.1, 0.15) is 11.4 Å². The van der Waals surface area contributed by atoms with Gasteiger partial charge in [0.15, 0.2) is 5.69 Å². The van der Waals surface area contributed by atoms with E-state index >= 15 is 0 Å². The van der Waals surface area contributed by atoms with Crippen molar-refractivity contribution in [2.45, 2.75) is 32.2 Å². The van der Waals surface area contributed by atoms with Gasteiger partial charge in [0.05, 0.1) is 7.11 Å². The maximum absolute atomic E-state index is 13.3. The molecule has 1 unspecified atom stereocenters. The van der Waals surface area contributed by atoms with Crippen molar-refractivity contribution in [2.75, 3.05) is 27.2 Å². The van der Waals surface area contributed by atoms with E-state index in [1.54, 1.807) is 35.8 Å². The number of piperidine rings is 1. The summed E-state index contributed by atoms with van der Waals surface area (Å²) in [6.07, 6.45) is 4.10. The number of aromatic nitrogens is 4. The number of likely N-dealkylation sites (tertiary alicyclic amines) is 1. The number of hydrogen-bond acceptors (Lipinski definition) is 5. The van der Waals surface area contributed by atoms with Crippen LogP contribution < -0.4 is 4.74 Å². The van der Waals surface area contributed by atoms with E-state index in [0.717, 1.165) is 29.8 Å². The van der Waals surface area contributed by atoms with Gasteiger partial charge >= 0.3 is 0 Å². The first-order valence-corrected chi connectivity index (χ1v) is 12.0. The van der Waals surface area contributed by atoms with E-state index in [0.29, 0.717) is 30.9 Å². The van der Waals surface area contributed by atoms with E-state index in [1.807, 2.05) is 55.1 Å². The molecule has 4 rings (SSSR count). The molecule has 1 aliphatic rings. The molecule has 1 atom stereocenters. The van der Waals surface area contributed by atoms with Crippen LogP contribution in [0.25, 0.3) is 0 Å². The molecule has 0 spiro atoms. The van der Waals surface area contributed by atoms with Crippen molar-refractivity contribution in [3.8, 4) is 5.75 Å². The molecule has 0 saturated carbocycles. The van der Waals surface area contributed by atoms with Crippen molar-refractivity contribution in [1.29, 1.82) is 0 Å². The second-order valence-electron chi connectivity index (χ2n) is 9.34. The Morgan fingerprint density at radius 3 is 2.46 bits per heavy atom. The molecule has 35 heavy (non-hydrogen) atoms. The van der Waals surface area contributed by atoms with Gasteiger partial charge in [0.2, 0.25) is 0 Å². The van der Waals surface area contributed by atoms with Crippen LogP contribution in [-0.4, -0.2) is 74.5 Å². The standard InChI is InChI=1S/C26H34N6O3/c1-18-15-23(28-31(18)4)26(34)32-13-9-20(10-14-32)24(17-19-7-6-8-21(16-19)35-5)30(3)25(33)22-11-12-29(2)27-22/h6-8,11-12,15-16,20,24H,9-10,13-14,17H2,1-5H3. The Kier molecular flexibility index (Phi) is 7.23. The van der Waals surface area contributed by atoms with Gasteiger partial charge in [-0.3, -0.25) is 19.0 Å². The van der Waals surface area contributed by atoms with Crippen LogP contribution in [0.3, 0.4) is 0 Å². The molecule has 9 heteroatoms. The van der Waals surface area contributed by atoms with E-state index in [9.17, 15) is 9.59 Å². The van der Waals surface area contributed by atoms with E-state index in [4.69, 9.17) is 4.74 Å². The summed E-state index contributed by atoms with van der Waals surface area (Å²) >= 11 is 0. The number of aryl methyl sites for hydroxylation is 3. The molecule has 3 heterocycles. The van der Waals surface area contributed by atoms with Crippen LogP contribution in [0.1, 0.15) is 45.1 Å². The first-order chi connectivity index (χ1) is 16.8. The maximum Gasteiger partial charge on any atom is 0.274 e. The Balaban J connectivity index is 1.51. The topological polar surface area (TPSA) is 85.5 Å². The Labute approximate surface area is 206 Å². The Bertz CT molecular complexity index is 1170. The molecule has 2 amide bonds. The highest BCUT2D eigenvalue weighted by molar-refractivity contribution is 5.93. The van der Waals surface area contributed by atoms with E-state index < -0.39 is 0 Å². The third kappa shape index (κ3) is 5.39. The van der Waals surface area contributed by atoms with Crippen molar-refractivity contribution >= 4 is 11.8 Å². The van der Waals surface area contributed by atoms with E-state index in [1.165, 1.54) is 0 Å². The van der Waals surface area contributed by atoms with E-state index in [2.05, 4.69) is 16.3 Å². The van der Waals surface area contributed by atoms with Crippen molar-refractivity contribution in [3.05, 3.63) is 65.2 Å². The zero-order chi connectivity index (χ0) is 25.1. The minimum atomic E-state index is -0.0963. The highest BCUT2D eigenvalue weighted by Gasteiger charge is 2.34. The predicted molar refractivity (Wildman–Crippen MR) is 132 cm³/mol. The summed E-state index contributed by atoms with van der Waals surface area (Å²) in [5, 5.41) is 8.67. The van der Waals surface area contributed by atoms with Crippen molar-refractivity contribution in [2.24, 2.45) is 20.0 Å². The van der Waals surface area contributed by atoms with Crippen LogP contribution in [0.2, 0.25) is 0 Å². The SMILES string of the molecule is COc1cccc(CC(C2CCN(C(=O)c3cc(C)n(C)n3)CC2)N(C)C(=O)c2ccn(C)n2)c1. The average molecular weight is 479 g/mol. The largest absolute Gasteiger partial charge is 0.497 e. The lowest BCUT2D eigenvalue weighted by Crippen LogP contribution is -2.48. The maximum atomic E-state index is 13.3. The predicted octanol–water partition coefficient (Wildman–Crippen LogP) is 2.71. The number of nitrogens with zero attached hydrogens (tertiary/aromatic N) is 6. The lowest BCUT2D eigenvalue weighted by atomic mass is 9.84. The molecule has 3 aromatic rings. The molecule has 1 saturated heterocycles. The summed E-state index contributed by atoms with van der Waals surface area (Å²) < 4.78 is 8.77. The van der Waals surface area contributed by atoms with Crippen LogP contribution in [0.15, 0.2) is 42.6 Å². The number of likely N-dealkylation sites (N-methyl/N-ethyl adjacent to an activating group) is 1. The highest BCUT2D eigenvalue weighted by atomic mass is 16.5. The molecular formula is C26H34N6O3. The second-order valence-corrected chi connectivity index (χ2v) is 9.34. The number of rotatable bonds is 7. The van der Waals surface area contributed by atoms with Gasteiger partial charge in [-0.15, -0.1) is 0 Å². The number of benzene rings is 1. The number of carbonyl (C=O) groups is 2. The van der Waals surface area contributed by atoms with Crippen LogP contribution >= 0.6 is 0 Å². The number of amides is 2. The number of hydrogen-bond donors (Lipinski definition) is 0. The van der Waals surface area contributed by atoms with Gasteiger partial charge in [-0.1, -0.05) is 12.1 Å². The van der Waals surface area contributed by atoms with Gasteiger partial charge < -0.3 is 14.5 Å². The molecule has 2 aromatic heterocycles. The first-order valence-electron chi connectivity index (χ1n) is 12.0. The fourth-order valence-electron chi connectivity index (χ4n) is 4.84. The number of carbonyl (C=O) groups excluding carboxylic acids is 2. The lowest BCUT2D eigenvalue weighted by molar-refractivity contribution is 0.0516. The molecule has 0 N–H and O–H groups in total. The third-order valence-corrected chi connectivity index (χ3v) is 7.03. The Hall–Kier alpha value is -3.62. The fraction of sp³-hybridized carbons (Fsp3) is 0.462. The summed E-state index contributed by atoms with van der Waals surface area (Å²) in [6.45, 7) is 3.21. The third-order valence-electron chi connectivity index (χ3n) is 7.03. The van der Waals surface area contributed by atoms with Gasteiger partial charge in [-0.2, -0.15) is 10.2 Å². The minimum absolute atomic E-state index is 0.0330. The minimum Gasteiger partial charge on any atom is -0.497 e. The lowest BCUT2D eigenvalue weighted by Gasteiger charge is -2.40. The normalized spacial score (nSPS) is 15.2. The number of ether oxygens (including phenoxy) is 1. The quantitative estimate of drug-likeness (QED) is 0.521. The Morgan fingerprint density at radius 2 is 1.86 bits per heavy atom. The Morgan fingerprint density at radius 1 is 1.11 bits per heavy atom. The van der Waals surface area contributed by atoms with Crippen LogP contribution in [0.5, 0.6) is 5.75 Å². The molecule has 0 bridgehead atoms. The highest BCUT2D eigenvalue weighted by Crippen LogP contribution is 2.29. The molecule has 186 valence electrons. The monoisotopic (exact) mass is 478 g/mol. The average Bonchev–Trinajstić information content (AvgIpc) is 3.46. The second kappa shape index (κ2) is 10.3. The molecule has 9 nitrogen and oxygen atoms in total. The summed E-state index contributed by atoms with van der Waals surface area (Å²) in [5.74, 6) is 0.912. The molecule has 1 fully saturated rings. The van der Waals surface area contributed by atoms with Crippen molar-refractivity contribution in [3.63, 3.8) is 0 Å². The molecule has 0 aliphatic carbocycles. The smallest absolute Gasteiger partial charge is 0.274 e. The summed E-state index contributed by atoms with van der Waals surface area (Å²) in [7, 11) is 7.16. The van der Waals surface area contributed by atoms with Gasteiger partial charge in [-0.25, -0.2) is 0 Å². The van der Waals surface area contributed by atoms with Crippen molar-refractivity contribution in [1.82, 2.24) is 29.4 Å². The van der Waals surface area contributed by atoms with Gasteiger partial charge in [-0.05, 0) is 61.9 Å². The zero-order valence-corrected chi connectivity index (χ0v) is 21.1. The zero-order valence-electron chi connectivity index (χ0n) is 21.1. The summed E-state index contributed by atoms with van der Waals surface area (Å²) in [4.78, 5) is 30.0. The molecule has 1 aliphatic heterocycles. The van der Waals surface area contributed by atoms with Crippen LogP contribution in [-0.2, 0) is 20.5 Å². The summed E-state index contributed by atoms with van der Waals surface area (Å²) in [5.41, 5.74) is 2.98. The molecular weight excluding hydrogens is 444 g/mol. The fourth-order valence-corrected chi connectivity index (χ4v) is 4.84. The summed E-state index contributed by atoms with van der Waals surface area (Å²) in [6, 6.07) is 11.5. The van der Waals surface area contributed by atoms with Crippen LogP contribution in [0, 0.1) is 12.8 Å². The molecule has 1 aromatic carbocycles. The van der Waals surface area contributed by atoms with E-state index in [-0.39, 0.29) is 23.8 Å².